The quantitative estimate of drug-likeness (QED) is 0.457. The van der Waals surface area contributed by atoms with Crippen molar-refractivity contribution in [1.29, 1.82) is 0 Å². The van der Waals surface area contributed by atoms with E-state index in [0.717, 1.165) is 40.9 Å². The highest BCUT2D eigenvalue weighted by Gasteiger charge is 2.18. The van der Waals surface area contributed by atoms with E-state index in [1.807, 2.05) is 66.9 Å². The van der Waals surface area contributed by atoms with Gasteiger partial charge in [0.15, 0.2) is 5.13 Å². The summed E-state index contributed by atoms with van der Waals surface area (Å²) in [6, 6.07) is 22.1. The van der Waals surface area contributed by atoms with Crippen molar-refractivity contribution in [2.24, 2.45) is 5.73 Å². The molecule has 1 amide bonds. The van der Waals surface area contributed by atoms with Gasteiger partial charge in [-0.05, 0) is 37.1 Å². The summed E-state index contributed by atoms with van der Waals surface area (Å²) in [5, 5.41) is 6.13. The van der Waals surface area contributed by atoms with E-state index in [4.69, 9.17) is 10.7 Å². The number of aromatic nitrogens is 2. The van der Waals surface area contributed by atoms with E-state index in [2.05, 4.69) is 22.0 Å². The van der Waals surface area contributed by atoms with Gasteiger partial charge in [-0.15, -0.1) is 11.3 Å². The Bertz CT molecular complexity index is 1120. The minimum Gasteiger partial charge on any atom is -0.366 e. The van der Waals surface area contributed by atoms with E-state index in [9.17, 15) is 4.79 Å². The number of amides is 1. The highest BCUT2D eigenvalue weighted by molar-refractivity contribution is 7.14. The number of benzene rings is 2. The molecule has 0 saturated carbocycles. The van der Waals surface area contributed by atoms with Gasteiger partial charge in [0, 0.05) is 23.3 Å². The van der Waals surface area contributed by atoms with Crippen LogP contribution in [-0.2, 0) is 13.0 Å². The maximum atomic E-state index is 11.9. The lowest BCUT2D eigenvalue weighted by molar-refractivity contribution is 0.0999. The molecule has 0 bridgehead atoms. The Balaban J connectivity index is 1.64. The molecule has 2 aromatic carbocycles. The van der Waals surface area contributed by atoms with E-state index in [1.165, 1.54) is 16.9 Å². The normalized spacial score (nSPS) is 10.8. The second-order valence-electron chi connectivity index (χ2n) is 6.81. The number of nitrogens with zero attached hydrogens (tertiary/aromatic N) is 2. The first-order valence-electron chi connectivity index (χ1n) is 9.43. The number of carbonyl (C=O) groups is 1. The summed E-state index contributed by atoms with van der Waals surface area (Å²) < 4.78 is 2.13. The fourth-order valence-electron chi connectivity index (χ4n) is 3.37. The number of nitrogens with one attached hydrogen (secondary N) is 1. The molecule has 29 heavy (non-hydrogen) atoms. The van der Waals surface area contributed by atoms with Gasteiger partial charge in [-0.25, -0.2) is 4.98 Å². The molecule has 2 aromatic heterocycles. The van der Waals surface area contributed by atoms with Crippen LogP contribution in [0.1, 0.15) is 21.6 Å². The lowest BCUT2D eigenvalue weighted by Gasteiger charge is -2.11. The van der Waals surface area contributed by atoms with Gasteiger partial charge in [0.2, 0.25) is 0 Å². The molecule has 4 aromatic rings. The summed E-state index contributed by atoms with van der Waals surface area (Å²) in [6.07, 6.45) is 0.862. The van der Waals surface area contributed by atoms with Gasteiger partial charge >= 0.3 is 0 Å². The minimum atomic E-state index is -0.417. The molecule has 0 aliphatic rings. The Labute approximate surface area is 173 Å². The summed E-state index contributed by atoms with van der Waals surface area (Å²) >= 11 is 1.53. The van der Waals surface area contributed by atoms with Crippen LogP contribution in [0.5, 0.6) is 0 Å². The third-order valence-corrected chi connectivity index (χ3v) is 5.65. The zero-order valence-electron chi connectivity index (χ0n) is 16.1. The first-order valence-corrected chi connectivity index (χ1v) is 10.3. The molecule has 0 saturated heterocycles. The predicted octanol–water partition coefficient (Wildman–Crippen LogP) is 5.01. The molecule has 2 heterocycles. The zero-order valence-corrected chi connectivity index (χ0v) is 16.9. The smallest absolute Gasteiger partial charge is 0.250 e. The molecule has 6 heteroatoms. The van der Waals surface area contributed by atoms with E-state index in [0.29, 0.717) is 5.56 Å². The molecule has 0 aliphatic heterocycles. The number of nitrogens with two attached hydrogens (primary N) is 1. The molecule has 0 unspecified atom stereocenters. The van der Waals surface area contributed by atoms with Gasteiger partial charge in [0.05, 0.1) is 17.0 Å². The number of anilines is 2. The first kappa shape index (κ1) is 19.0. The fourth-order valence-corrected chi connectivity index (χ4v) is 4.10. The van der Waals surface area contributed by atoms with E-state index < -0.39 is 5.91 Å². The molecular formula is C23H22N4OS. The second kappa shape index (κ2) is 8.32. The number of thiazole rings is 1. The Morgan fingerprint density at radius 2 is 1.79 bits per heavy atom. The topological polar surface area (TPSA) is 72.9 Å². The minimum absolute atomic E-state index is 0.417. The van der Waals surface area contributed by atoms with Crippen LogP contribution >= 0.6 is 11.3 Å². The molecule has 146 valence electrons. The molecule has 3 N–H and O–H groups in total. The van der Waals surface area contributed by atoms with Gasteiger partial charge in [-0.3, -0.25) is 4.79 Å². The Morgan fingerprint density at radius 1 is 1.10 bits per heavy atom. The highest BCUT2D eigenvalue weighted by Crippen LogP contribution is 2.30. The van der Waals surface area contributed by atoms with Crippen LogP contribution in [0.4, 0.5) is 10.8 Å². The van der Waals surface area contributed by atoms with Crippen LogP contribution in [0.15, 0.2) is 72.1 Å². The molecule has 0 radical (unpaired) electrons. The SMILES string of the molecule is Cc1c(C(N)=O)cc(-c2csc(Nc3ccccc3)n2)n1CCc1ccccc1. The Kier molecular flexibility index (Phi) is 5.44. The number of aryl methyl sites for hydroxylation is 1. The Morgan fingerprint density at radius 3 is 2.48 bits per heavy atom. The van der Waals surface area contributed by atoms with E-state index in [-0.39, 0.29) is 0 Å². The lowest BCUT2D eigenvalue weighted by Crippen LogP contribution is -2.13. The van der Waals surface area contributed by atoms with Crippen LogP contribution in [0.2, 0.25) is 0 Å². The number of primary amides is 1. The standard InChI is InChI=1S/C23H22N4OS/c1-16-19(22(24)28)14-21(27(16)13-12-17-8-4-2-5-9-17)20-15-29-23(26-20)25-18-10-6-3-7-11-18/h2-11,14-15H,12-13H2,1H3,(H2,24,28)(H,25,26). The largest absolute Gasteiger partial charge is 0.366 e. The highest BCUT2D eigenvalue weighted by atomic mass is 32.1. The maximum absolute atomic E-state index is 11.9. The van der Waals surface area contributed by atoms with Crippen molar-refractivity contribution in [3.8, 4) is 11.4 Å². The van der Waals surface area contributed by atoms with Crippen molar-refractivity contribution >= 4 is 28.1 Å². The lowest BCUT2D eigenvalue weighted by atomic mass is 10.1. The number of para-hydroxylation sites is 1. The number of hydrogen-bond donors (Lipinski definition) is 2. The number of carbonyl (C=O) groups excluding carboxylic acids is 1. The summed E-state index contributed by atoms with van der Waals surface area (Å²) in [4.78, 5) is 16.7. The van der Waals surface area contributed by atoms with Crippen molar-refractivity contribution in [3.63, 3.8) is 0 Å². The van der Waals surface area contributed by atoms with Crippen molar-refractivity contribution in [1.82, 2.24) is 9.55 Å². The van der Waals surface area contributed by atoms with E-state index >= 15 is 0 Å². The summed E-state index contributed by atoms with van der Waals surface area (Å²) in [6.45, 7) is 2.68. The van der Waals surface area contributed by atoms with Crippen LogP contribution in [-0.4, -0.2) is 15.5 Å². The van der Waals surface area contributed by atoms with Crippen LogP contribution in [0.25, 0.3) is 11.4 Å². The van der Waals surface area contributed by atoms with Gasteiger partial charge in [0.1, 0.15) is 0 Å². The maximum Gasteiger partial charge on any atom is 0.250 e. The van der Waals surface area contributed by atoms with Gasteiger partial charge < -0.3 is 15.6 Å². The number of hydrogen-bond acceptors (Lipinski definition) is 4. The van der Waals surface area contributed by atoms with E-state index in [1.54, 1.807) is 0 Å². The molecule has 5 nitrogen and oxygen atoms in total. The van der Waals surface area contributed by atoms with Crippen LogP contribution in [0.3, 0.4) is 0 Å². The van der Waals surface area contributed by atoms with Gasteiger partial charge in [-0.2, -0.15) is 0 Å². The van der Waals surface area contributed by atoms with Crippen LogP contribution < -0.4 is 11.1 Å². The third kappa shape index (κ3) is 4.22. The molecule has 0 spiro atoms. The van der Waals surface area contributed by atoms with Crippen molar-refractivity contribution in [2.75, 3.05) is 5.32 Å². The average molecular weight is 403 g/mol. The summed E-state index contributed by atoms with van der Waals surface area (Å²) in [7, 11) is 0. The zero-order chi connectivity index (χ0) is 20.2. The summed E-state index contributed by atoms with van der Waals surface area (Å²) in [5.41, 5.74) is 11.0. The van der Waals surface area contributed by atoms with Crippen molar-refractivity contribution in [3.05, 3.63) is 88.9 Å². The molecule has 4 rings (SSSR count). The third-order valence-electron chi connectivity index (χ3n) is 4.89. The first-order chi connectivity index (χ1) is 14.1. The van der Waals surface area contributed by atoms with Crippen LogP contribution in [0, 0.1) is 6.92 Å². The predicted molar refractivity (Wildman–Crippen MR) is 119 cm³/mol. The molecule has 0 aliphatic carbocycles. The monoisotopic (exact) mass is 402 g/mol. The van der Waals surface area contributed by atoms with Gasteiger partial charge in [-0.1, -0.05) is 48.5 Å². The number of rotatable bonds is 7. The summed E-state index contributed by atoms with van der Waals surface area (Å²) in [5.74, 6) is -0.417. The van der Waals surface area contributed by atoms with Gasteiger partial charge in [0.25, 0.3) is 5.91 Å². The molecule has 0 fully saturated rings. The Hall–Kier alpha value is -3.38. The molecule has 0 atom stereocenters. The van der Waals surface area contributed by atoms with Crippen molar-refractivity contribution in [2.45, 2.75) is 19.9 Å². The second-order valence-corrected chi connectivity index (χ2v) is 7.67. The fraction of sp³-hybridized carbons (Fsp3) is 0.130. The van der Waals surface area contributed by atoms with Crippen molar-refractivity contribution < 1.29 is 4.79 Å². The average Bonchev–Trinajstić information content (AvgIpc) is 3.32. The molecular weight excluding hydrogens is 380 g/mol.